The van der Waals surface area contributed by atoms with Gasteiger partial charge in [0.15, 0.2) is 0 Å². The summed E-state index contributed by atoms with van der Waals surface area (Å²) < 4.78 is 66.7. The largest absolute Gasteiger partial charge is 0.399 e. The fourth-order valence-corrected chi connectivity index (χ4v) is 3.01. The molecular formula is C13H11F3N2O2S. The van der Waals surface area contributed by atoms with Gasteiger partial charge in [-0.15, -0.1) is 0 Å². The lowest BCUT2D eigenvalue weighted by atomic mass is 10.2. The molecule has 2 rings (SSSR count). The van der Waals surface area contributed by atoms with Gasteiger partial charge < -0.3 is 5.73 Å². The average molecular weight is 316 g/mol. The Morgan fingerprint density at radius 3 is 2.24 bits per heavy atom. The maximum Gasteiger partial charge on any atom is 0.265 e. The number of hydrogen-bond donors (Lipinski definition) is 2. The highest BCUT2D eigenvalue weighted by molar-refractivity contribution is 7.92. The van der Waals surface area contributed by atoms with Gasteiger partial charge in [-0.2, -0.15) is 0 Å². The third kappa shape index (κ3) is 2.94. The summed E-state index contributed by atoms with van der Waals surface area (Å²) in [6.07, 6.45) is 0. The molecule has 2 aromatic rings. The van der Waals surface area contributed by atoms with E-state index in [0.717, 1.165) is 24.3 Å². The third-order valence-corrected chi connectivity index (χ3v) is 4.08. The third-order valence-electron chi connectivity index (χ3n) is 2.73. The molecule has 0 saturated heterocycles. The van der Waals surface area contributed by atoms with Gasteiger partial charge in [-0.3, -0.25) is 4.72 Å². The van der Waals surface area contributed by atoms with Gasteiger partial charge in [-0.1, -0.05) is 6.07 Å². The van der Waals surface area contributed by atoms with E-state index in [1.54, 1.807) is 4.72 Å². The van der Waals surface area contributed by atoms with Crippen molar-refractivity contribution < 1.29 is 21.6 Å². The fraction of sp³-hybridized carbons (Fsp3) is 0.0769. The molecule has 2 aromatic carbocycles. The van der Waals surface area contributed by atoms with Crippen LogP contribution in [0, 0.1) is 24.4 Å². The summed E-state index contributed by atoms with van der Waals surface area (Å²) in [6.45, 7) is 1.33. The molecule has 0 spiro atoms. The number of halogens is 3. The summed E-state index contributed by atoms with van der Waals surface area (Å²) in [6, 6.07) is 4.96. The number of rotatable bonds is 3. The summed E-state index contributed by atoms with van der Waals surface area (Å²) >= 11 is 0. The van der Waals surface area contributed by atoms with Crippen LogP contribution < -0.4 is 10.5 Å². The first kappa shape index (κ1) is 15.2. The van der Waals surface area contributed by atoms with Crippen LogP contribution in [0.3, 0.4) is 0 Å². The highest BCUT2D eigenvalue weighted by Crippen LogP contribution is 2.26. The fourth-order valence-electron chi connectivity index (χ4n) is 1.74. The average Bonchev–Trinajstić information content (AvgIpc) is 2.38. The first-order valence-electron chi connectivity index (χ1n) is 5.75. The van der Waals surface area contributed by atoms with Gasteiger partial charge in [0.05, 0.1) is 0 Å². The van der Waals surface area contributed by atoms with Crippen LogP contribution in [0.2, 0.25) is 0 Å². The molecule has 0 saturated carbocycles. The van der Waals surface area contributed by atoms with Gasteiger partial charge in [0, 0.05) is 5.69 Å². The maximum atomic E-state index is 13.9. The predicted molar refractivity (Wildman–Crippen MR) is 72.7 cm³/mol. The molecule has 0 aliphatic rings. The molecule has 0 aromatic heterocycles. The lowest BCUT2D eigenvalue weighted by Gasteiger charge is -2.12. The van der Waals surface area contributed by atoms with E-state index in [0.29, 0.717) is 0 Å². The van der Waals surface area contributed by atoms with Crippen LogP contribution >= 0.6 is 0 Å². The van der Waals surface area contributed by atoms with Crippen molar-refractivity contribution in [1.29, 1.82) is 0 Å². The Morgan fingerprint density at radius 2 is 1.67 bits per heavy atom. The summed E-state index contributed by atoms with van der Waals surface area (Å²) in [5.41, 5.74) is 4.61. The molecule has 3 N–H and O–H groups in total. The molecule has 0 aliphatic heterocycles. The highest BCUT2D eigenvalue weighted by atomic mass is 32.2. The van der Waals surface area contributed by atoms with Crippen molar-refractivity contribution in [2.75, 3.05) is 10.5 Å². The van der Waals surface area contributed by atoms with Crippen LogP contribution in [-0.4, -0.2) is 8.42 Å². The van der Waals surface area contributed by atoms with Crippen molar-refractivity contribution in [3.05, 3.63) is 53.3 Å². The second kappa shape index (κ2) is 5.28. The van der Waals surface area contributed by atoms with Gasteiger partial charge in [0.2, 0.25) is 0 Å². The zero-order chi connectivity index (χ0) is 15.8. The number of aryl methyl sites for hydroxylation is 1. The Balaban J connectivity index is 2.54. The first-order chi connectivity index (χ1) is 9.72. The van der Waals surface area contributed by atoms with Crippen molar-refractivity contribution in [1.82, 2.24) is 0 Å². The summed E-state index contributed by atoms with van der Waals surface area (Å²) in [5.74, 6) is -3.26. The quantitative estimate of drug-likeness (QED) is 0.855. The van der Waals surface area contributed by atoms with Crippen LogP contribution in [0.5, 0.6) is 0 Å². The Labute approximate surface area is 119 Å². The van der Waals surface area contributed by atoms with Crippen LogP contribution in [0.25, 0.3) is 0 Å². The number of hydrogen-bond acceptors (Lipinski definition) is 3. The number of nitrogen functional groups attached to an aromatic ring is 1. The molecule has 0 heterocycles. The van der Waals surface area contributed by atoms with Crippen molar-refractivity contribution in [2.24, 2.45) is 0 Å². The molecular weight excluding hydrogens is 305 g/mol. The monoisotopic (exact) mass is 316 g/mol. The zero-order valence-electron chi connectivity index (χ0n) is 10.8. The number of sulfonamides is 1. The Bertz CT molecular complexity index is 787. The lowest BCUT2D eigenvalue weighted by Crippen LogP contribution is -2.17. The van der Waals surface area contributed by atoms with Crippen molar-refractivity contribution in [3.63, 3.8) is 0 Å². The maximum absolute atomic E-state index is 13.9. The van der Waals surface area contributed by atoms with E-state index in [9.17, 15) is 21.6 Å². The molecule has 4 nitrogen and oxygen atoms in total. The molecule has 0 aliphatic carbocycles. The second-order valence-electron chi connectivity index (χ2n) is 4.35. The standard InChI is InChI=1S/C13H11F3N2O2S/c1-7-5-8(17)6-11(12(7)16)21(19,20)18-13-9(14)3-2-4-10(13)15/h2-6,18H,17H2,1H3. The number of benzene rings is 2. The molecule has 0 fully saturated rings. The molecule has 0 radical (unpaired) electrons. The van der Waals surface area contributed by atoms with Gasteiger partial charge >= 0.3 is 0 Å². The van der Waals surface area contributed by atoms with E-state index >= 15 is 0 Å². The van der Waals surface area contributed by atoms with E-state index in [-0.39, 0.29) is 11.3 Å². The van der Waals surface area contributed by atoms with Gasteiger partial charge in [0.25, 0.3) is 10.0 Å². The minimum absolute atomic E-state index is 0.00406. The number of para-hydroxylation sites is 1. The van der Waals surface area contributed by atoms with Gasteiger partial charge in [0.1, 0.15) is 28.0 Å². The van der Waals surface area contributed by atoms with Crippen LogP contribution in [0.4, 0.5) is 24.5 Å². The minimum Gasteiger partial charge on any atom is -0.399 e. The number of nitrogens with two attached hydrogens (primary N) is 1. The van der Waals surface area contributed by atoms with Crippen LogP contribution in [0.1, 0.15) is 5.56 Å². The summed E-state index contributed by atoms with van der Waals surface area (Å²) in [7, 11) is -4.52. The molecule has 0 amide bonds. The first-order valence-corrected chi connectivity index (χ1v) is 7.23. The molecule has 21 heavy (non-hydrogen) atoms. The number of anilines is 2. The SMILES string of the molecule is Cc1cc(N)cc(S(=O)(=O)Nc2c(F)cccc2F)c1F. The smallest absolute Gasteiger partial charge is 0.265 e. The molecule has 112 valence electrons. The Hall–Kier alpha value is -2.22. The minimum atomic E-state index is -4.52. The second-order valence-corrected chi connectivity index (χ2v) is 6.00. The Morgan fingerprint density at radius 1 is 1.10 bits per heavy atom. The van der Waals surface area contributed by atoms with E-state index in [1.807, 2.05) is 0 Å². The predicted octanol–water partition coefficient (Wildman–Crippen LogP) is 2.80. The van der Waals surface area contributed by atoms with E-state index < -0.39 is 38.1 Å². The van der Waals surface area contributed by atoms with E-state index in [2.05, 4.69) is 0 Å². The summed E-state index contributed by atoms with van der Waals surface area (Å²) in [5, 5.41) is 0. The molecule has 0 bridgehead atoms. The van der Waals surface area contributed by atoms with E-state index in [4.69, 9.17) is 5.73 Å². The normalized spacial score (nSPS) is 11.4. The molecule has 0 atom stereocenters. The Kier molecular flexibility index (Phi) is 3.82. The molecule has 8 heteroatoms. The van der Waals surface area contributed by atoms with Gasteiger partial charge in [-0.25, -0.2) is 21.6 Å². The zero-order valence-corrected chi connectivity index (χ0v) is 11.6. The van der Waals surface area contributed by atoms with Gasteiger partial charge in [-0.05, 0) is 36.8 Å². The van der Waals surface area contributed by atoms with Crippen molar-refractivity contribution in [2.45, 2.75) is 11.8 Å². The van der Waals surface area contributed by atoms with Crippen molar-refractivity contribution in [3.8, 4) is 0 Å². The summed E-state index contributed by atoms with van der Waals surface area (Å²) in [4.78, 5) is -0.775. The topological polar surface area (TPSA) is 72.2 Å². The number of nitrogens with one attached hydrogen (secondary N) is 1. The van der Waals surface area contributed by atoms with Crippen molar-refractivity contribution >= 4 is 21.4 Å². The lowest BCUT2D eigenvalue weighted by molar-refractivity contribution is 0.562. The van der Waals surface area contributed by atoms with Crippen LogP contribution in [0.15, 0.2) is 35.2 Å². The highest BCUT2D eigenvalue weighted by Gasteiger charge is 2.24. The van der Waals surface area contributed by atoms with Crippen LogP contribution in [-0.2, 0) is 10.0 Å². The van der Waals surface area contributed by atoms with E-state index in [1.165, 1.54) is 13.0 Å². The molecule has 0 unspecified atom stereocenters.